The molecule has 0 unspecified atom stereocenters. The van der Waals surface area contributed by atoms with Crippen LogP contribution in [0.2, 0.25) is 0 Å². The Labute approximate surface area is 168 Å². The van der Waals surface area contributed by atoms with Gasteiger partial charge in [0.15, 0.2) is 5.82 Å². The van der Waals surface area contributed by atoms with Gasteiger partial charge >= 0.3 is 0 Å². The van der Waals surface area contributed by atoms with E-state index in [-0.39, 0.29) is 5.91 Å². The van der Waals surface area contributed by atoms with Gasteiger partial charge in [-0.15, -0.1) is 15.3 Å². The van der Waals surface area contributed by atoms with E-state index < -0.39 is 0 Å². The number of nitrogens with zero attached hydrogens (tertiary/aromatic N) is 5. The Bertz CT molecular complexity index is 930. The van der Waals surface area contributed by atoms with Crippen LogP contribution in [0.1, 0.15) is 41.0 Å². The standard InChI is InChI=1S/C20H22N6OS/c1-14-19(28-25-22-14)20(27)21-16-8-6-15(7-9-16)17-10-11-18(24-23-17)26-12-4-2-3-5-13-26/h6-11H,2-5,12-13H2,1H3,(H,21,27). The normalized spacial score (nSPS) is 14.5. The molecule has 3 heterocycles. The zero-order valence-corrected chi connectivity index (χ0v) is 16.6. The number of aromatic nitrogens is 4. The van der Waals surface area contributed by atoms with Crippen LogP contribution in [0, 0.1) is 6.92 Å². The van der Waals surface area contributed by atoms with Crippen LogP contribution in [0.5, 0.6) is 0 Å². The quantitative estimate of drug-likeness (QED) is 0.722. The Morgan fingerprint density at radius 1 is 0.964 bits per heavy atom. The first-order chi connectivity index (χ1) is 13.7. The van der Waals surface area contributed by atoms with E-state index in [1.165, 1.54) is 25.7 Å². The van der Waals surface area contributed by atoms with Gasteiger partial charge in [-0.05, 0) is 55.6 Å². The summed E-state index contributed by atoms with van der Waals surface area (Å²) in [5.74, 6) is 0.755. The monoisotopic (exact) mass is 394 g/mol. The molecule has 144 valence electrons. The van der Waals surface area contributed by atoms with Crippen LogP contribution in [0.3, 0.4) is 0 Å². The van der Waals surface area contributed by atoms with Crippen LogP contribution < -0.4 is 10.2 Å². The van der Waals surface area contributed by atoms with E-state index in [4.69, 9.17) is 0 Å². The van der Waals surface area contributed by atoms with Gasteiger partial charge in [0, 0.05) is 24.3 Å². The van der Waals surface area contributed by atoms with Crippen molar-refractivity contribution in [2.45, 2.75) is 32.6 Å². The zero-order chi connectivity index (χ0) is 19.3. The smallest absolute Gasteiger partial charge is 0.269 e. The molecule has 7 nitrogen and oxygen atoms in total. The van der Waals surface area contributed by atoms with Crippen LogP contribution in [0.15, 0.2) is 36.4 Å². The molecule has 1 amide bonds. The third kappa shape index (κ3) is 4.17. The van der Waals surface area contributed by atoms with Gasteiger partial charge in [-0.1, -0.05) is 29.5 Å². The molecule has 0 bridgehead atoms. The molecule has 8 heteroatoms. The number of rotatable bonds is 4. The molecule has 28 heavy (non-hydrogen) atoms. The zero-order valence-electron chi connectivity index (χ0n) is 15.8. The lowest BCUT2D eigenvalue weighted by Crippen LogP contribution is -2.25. The fourth-order valence-electron chi connectivity index (χ4n) is 3.30. The van der Waals surface area contributed by atoms with Crippen LogP contribution in [-0.4, -0.2) is 38.8 Å². The van der Waals surface area contributed by atoms with Gasteiger partial charge in [0.25, 0.3) is 5.91 Å². The van der Waals surface area contributed by atoms with Crippen molar-refractivity contribution in [3.8, 4) is 11.3 Å². The van der Waals surface area contributed by atoms with Gasteiger partial charge in [-0.2, -0.15) is 0 Å². The maximum atomic E-state index is 12.3. The van der Waals surface area contributed by atoms with E-state index in [1.54, 1.807) is 6.92 Å². The minimum atomic E-state index is -0.193. The number of carbonyl (C=O) groups excluding carboxylic acids is 1. The highest BCUT2D eigenvalue weighted by molar-refractivity contribution is 7.08. The van der Waals surface area contributed by atoms with Gasteiger partial charge in [-0.3, -0.25) is 4.79 Å². The summed E-state index contributed by atoms with van der Waals surface area (Å²) in [6.45, 7) is 3.88. The third-order valence-electron chi connectivity index (χ3n) is 4.88. The van der Waals surface area contributed by atoms with Crippen LogP contribution in [0.4, 0.5) is 11.5 Å². The van der Waals surface area contributed by atoms with Crippen LogP contribution >= 0.6 is 11.5 Å². The minimum absolute atomic E-state index is 0.193. The average molecular weight is 395 g/mol. The van der Waals surface area contributed by atoms with Crippen molar-refractivity contribution < 1.29 is 4.79 Å². The molecule has 0 atom stereocenters. The van der Waals surface area contributed by atoms with Crippen molar-refractivity contribution in [3.05, 3.63) is 47.0 Å². The number of benzene rings is 1. The summed E-state index contributed by atoms with van der Waals surface area (Å²) < 4.78 is 3.80. The summed E-state index contributed by atoms with van der Waals surface area (Å²) in [5, 5.41) is 15.6. The molecule has 1 fully saturated rings. The molecule has 0 spiro atoms. The number of nitrogens with one attached hydrogen (secondary N) is 1. The average Bonchev–Trinajstić information content (AvgIpc) is 2.98. The van der Waals surface area contributed by atoms with Gasteiger partial charge in [-0.25, -0.2) is 0 Å². The highest BCUT2D eigenvalue weighted by Gasteiger charge is 2.14. The van der Waals surface area contributed by atoms with E-state index >= 15 is 0 Å². The predicted octanol–water partition coefficient (Wildman–Crippen LogP) is 3.94. The molecule has 1 aliphatic heterocycles. The molecule has 4 rings (SSSR count). The number of anilines is 2. The molecule has 0 saturated carbocycles. The molecule has 3 aromatic rings. The molecule has 0 radical (unpaired) electrons. The Morgan fingerprint density at radius 3 is 2.32 bits per heavy atom. The molecular weight excluding hydrogens is 372 g/mol. The second-order valence-electron chi connectivity index (χ2n) is 6.90. The molecule has 1 aromatic carbocycles. The van der Waals surface area contributed by atoms with Crippen molar-refractivity contribution >= 4 is 28.9 Å². The number of hydrogen-bond donors (Lipinski definition) is 1. The Kier molecular flexibility index (Phi) is 5.57. The van der Waals surface area contributed by atoms with Gasteiger partial charge in [0.2, 0.25) is 0 Å². The maximum Gasteiger partial charge on any atom is 0.269 e. The summed E-state index contributed by atoms with van der Waals surface area (Å²) in [7, 11) is 0. The summed E-state index contributed by atoms with van der Waals surface area (Å²) in [6.07, 6.45) is 5.02. The Morgan fingerprint density at radius 2 is 1.71 bits per heavy atom. The van der Waals surface area contributed by atoms with Crippen molar-refractivity contribution in [2.75, 3.05) is 23.3 Å². The summed E-state index contributed by atoms with van der Waals surface area (Å²) in [6, 6.07) is 11.6. The highest BCUT2D eigenvalue weighted by Crippen LogP contribution is 2.23. The lowest BCUT2D eigenvalue weighted by Gasteiger charge is -2.20. The van der Waals surface area contributed by atoms with Gasteiger partial charge in [0.1, 0.15) is 4.88 Å². The van der Waals surface area contributed by atoms with E-state index in [9.17, 15) is 4.79 Å². The third-order valence-corrected chi connectivity index (χ3v) is 5.70. The maximum absolute atomic E-state index is 12.3. The van der Waals surface area contributed by atoms with Crippen molar-refractivity contribution in [1.82, 2.24) is 19.8 Å². The fourth-order valence-corrected chi connectivity index (χ4v) is 3.85. The highest BCUT2D eigenvalue weighted by atomic mass is 32.1. The first-order valence-electron chi connectivity index (χ1n) is 9.50. The first kappa shape index (κ1) is 18.5. The molecular formula is C20H22N6OS. The molecule has 1 N–H and O–H groups in total. The van der Waals surface area contributed by atoms with Crippen molar-refractivity contribution in [1.29, 1.82) is 0 Å². The first-order valence-corrected chi connectivity index (χ1v) is 10.3. The number of hydrogen-bond acceptors (Lipinski definition) is 7. The SMILES string of the molecule is Cc1nnsc1C(=O)Nc1ccc(-c2ccc(N3CCCCCC3)nn2)cc1. The summed E-state index contributed by atoms with van der Waals surface area (Å²) in [4.78, 5) is 15.1. The number of carbonyl (C=O) groups is 1. The van der Waals surface area contributed by atoms with E-state index in [0.29, 0.717) is 10.6 Å². The van der Waals surface area contributed by atoms with E-state index in [1.807, 2.05) is 36.4 Å². The minimum Gasteiger partial charge on any atom is -0.355 e. The molecule has 0 aliphatic carbocycles. The predicted molar refractivity (Wildman–Crippen MR) is 111 cm³/mol. The Balaban J connectivity index is 1.43. The van der Waals surface area contributed by atoms with Gasteiger partial charge < -0.3 is 10.2 Å². The van der Waals surface area contributed by atoms with Crippen molar-refractivity contribution in [3.63, 3.8) is 0 Å². The van der Waals surface area contributed by atoms with Crippen molar-refractivity contribution in [2.24, 2.45) is 0 Å². The Hall–Kier alpha value is -2.87. The van der Waals surface area contributed by atoms with Crippen LogP contribution in [-0.2, 0) is 0 Å². The van der Waals surface area contributed by atoms with E-state index in [0.717, 1.165) is 47.4 Å². The summed E-state index contributed by atoms with van der Waals surface area (Å²) >= 11 is 1.10. The fraction of sp³-hybridized carbons (Fsp3) is 0.350. The lowest BCUT2D eigenvalue weighted by molar-refractivity contribution is 0.103. The second kappa shape index (κ2) is 8.43. The van der Waals surface area contributed by atoms with E-state index in [2.05, 4.69) is 30.0 Å². The molecule has 1 aliphatic rings. The molecule has 2 aromatic heterocycles. The lowest BCUT2D eigenvalue weighted by atomic mass is 10.1. The second-order valence-corrected chi connectivity index (χ2v) is 7.65. The van der Waals surface area contributed by atoms with Gasteiger partial charge in [0.05, 0.1) is 11.4 Å². The van der Waals surface area contributed by atoms with Crippen LogP contribution in [0.25, 0.3) is 11.3 Å². The largest absolute Gasteiger partial charge is 0.355 e. The number of amides is 1. The number of aryl methyl sites for hydroxylation is 1. The summed E-state index contributed by atoms with van der Waals surface area (Å²) in [5.41, 5.74) is 3.14. The molecule has 1 saturated heterocycles. The topological polar surface area (TPSA) is 83.9 Å².